The lowest BCUT2D eigenvalue weighted by Crippen LogP contribution is -2.53. The smallest absolute Gasteiger partial charge is 0.223 e. The van der Waals surface area contributed by atoms with Crippen molar-refractivity contribution in [1.29, 1.82) is 0 Å². The summed E-state index contributed by atoms with van der Waals surface area (Å²) in [6.45, 7) is 6.18. The summed E-state index contributed by atoms with van der Waals surface area (Å²) in [5, 5.41) is 0. The molecule has 1 heterocycles. The van der Waals surface area contributed by atoms with E-state index >= 15 is 0 Å². The molecule has 0 aromatic heterocycles. The van der Waals surface area contributed by atoms with Gasteiger partial charge in [0, 0.05) is 18.4 Å². The number of carbonyl (C=O) groups excluding carboxylic acids is 2. The fourth-order valence-electron chi connectivity index (χ4n) is 1.67. The van der Waals surface area contributed by atoms with E-state index in [1.54, 1.807) is 4.90 Å². The van der Waals surface area contributed by atoms with Crippen LogP contribution in [0.3, 0.4) is 0 Å². The quantitative estimate of drug-likeness (QED) is 0.615. The molecule has 3 nitrogen and oxygen atoms in total. The zero-order valence-electron chi connectivity index (χ0n) is 8.59. The summed E-state index contributed by atoms with van der Waals surface area (Å²) in [4.78, 5) is 24.4. The maximum Gasteiger partial charge on any atom is 0.223 e. The number of amides is 1. The number of Topliss-reactive ketones (excluding diaryl/α,β-unsaturated/α-hetero) is 1. The predicted octanol–water partition coefficient (Wildman–Crippen LogP) is 1.37. The van der Waals surface area contributed by atoms with E-state index in [2.05, 4.69) is 0 Å². The molecular weight excluding hydrogens is 166 g/mol. The van der Waals surface area contributed by atoms with Crippen molar-refractivity contribution < 1.29 is 9.59 Å². The number of hydrogen-bond donors (Lipinski definition) is 0. The van der Waals surface area contributed by atoms with Gasteiger partial charge in [-0.15, -0.1) is 0 Å². The van der Waals surface area contributed by atoms with Gasteiger partial charge >= 0.3 is 0 Å². The zero-order chi connectivity index (χ0) is 10.1. The average molecular weight is 183 g/mol. The number of likely N-dealkylation sites (tertiary alicyclic amines) is 1. The molecule has 1 fully saturated rings. The summed E-state index contributed by atoms with van der Waals surface area (Å²) >= 11 is 0. The molecule has 1 aliphatic rings. The van der Waals surface area contributed by atoms with Crippen LogP contribution in [0.5, 0.6) is 0 Å². The van der Waals surface area contributed by atoms with Crippen molar-refractivity contribution in [2.24, 2.45) is 0 Å². The van der Waals surface area contributed by atoms with Gasteiger partial charge in [-0.2, -0.15) is 0 Å². The first-order valence-corrected chi connectivity index (χ1v) is 4.79. The van der Waals surface area contributed by atoms with Crippen molar-refractivity contribution in [3.8, 4) is 0 Å². The molecule has 13 heavy (non-hydrogen) atoms. The molecule has 1 saturated heterocycles. The molecule has 0 atom stereocenters. The molecule has 1 amide bonds. The number of carbonyl (C=O) groups is 2. The maximum absolute atomic E-state index is 11.5. The Bertz CT molecular complexity index is 233. The van der Waals surface area contributed by atoms with Crippen molar-refractivity contribution in [2.75, 3.05) is 6.54 Å². The second-order valence-electron chi connectivity index (χ2n) is 4.18. The fraction of sp³-hybridized carbons (Fsp3) is 0.800. The fourth-order valence-corrected chi connectivity index (χ4v) is 1.67. The Morgan fingerprint density at radius 3 is 2.69 bits per heavy atom. The molecule has 3 heteroatoms. The lowest BCUT2D eigenvalue weighted by Gasteiger charge is -2.41. The highest BCUT2D eigenvalue weighted by Crippen LogP contribution is 2.26. The van der Waals surface area contributed by atoms with Crippen molar-refractivity contribution in [1.82, 2.24) is 4.90 Å². The largest absolute Gasteiger partial charge is 0.330 e. The summed E-state index contributed by atoms with van der Waals surface area (Å²) in [5.74, 6) is 0.263. The van der Waals surface area contributed by atoms with Crippen LogP contribution in [0.2, 0.25) is 0 Å². The monoisotopic (exact) mass is 183 g/mol. The second-order valence-corrected chi connectivity index (χ2v) is 4.18. The van der Waals surface area contributed by atoms with Crippen LogP contribution < -0.4 is 0 Å². The van der Waals surface area contributed by atoms with Crippen molar-refractivity contribution in [3.05, 3.63) is 0 Å². The molecular formula is C10H17NO2. The molecule has 0 aliphatic carbocycles. The SMILES string of the molecule is CCC(=O)N1CC(=O)CCC1(C)C. The Morgan fingerprint density at radius 2 is 2.15 bits per heavy atom. The van der Waals surface area contributed by atoms with Gasteiger partial charge in [0.15, 0.2) is 5.78 Å². The van der Waals surface area contributed by atoms with E-state index in [0.717, 1.165) is 6.42 Å². The van der Waals surface area contributed by atoms with Gasteiger partial charge in [0.25, 0.3) is 0 Å². The summed E-state index contributed by atoms with van der Waals surface area (Å²) in [5.41, 5.74) is -0.138. The third-order valence-corrected chi connectivity index (χ3v) is 2.68. The zero-order valence-corrected chi connectivity index (χ0v) is 8.59. The van der Waals surface area contributed by atoms with Crippen LogP contribution in [0.25, 0.3) is 0 Å². The van der Waals surface area contributed by atoms with Gasteiger partial charge in [-0.25, -0.2) is 0 Å². The molecule has 0 radical (unpaired) electrons. The first kappa shape index (κ1) is 10.2. The molecule has 74 valence electrons. The Morgan fingerprint density at radius 1 is 1.54 bits per heavy atom. The minimum absolute atomic E-state index is 0.0815. The Balaban J connectivity index is 2.77. The highest BCUT2D eigenvalue weighted by atomic mass is 16.2. The number of nitrogens with zero attached hydrogens (tertiary/aromatic N) is 1. The van der Waals surface area contributed by atoms with Crippen LogP contribution >= 0.6 is 0 Å². The molecule has 0 bridgehead atoms. The minimum atomic E-state index is -0.138. The Labute approximate surface area is 79.1 Å². The summed E-state index contributed by atoms with van der Waals surface area (Å²) < 4.78 is 0. The first-order chi connectivity index (χ1) is 5.97. The van der Waals surface area contributed by atoms with E-state index in [-0.39, 0.29) is 17.2 Å². The molecule has 0 spiro atoms. The maximum atomic E-state index is 11.5. The van der Waals surface area contributed by atoms with Crippen LogP contribution in [0.15, 0.2) is 0 Å². The first-order valence-electron chi connectivity index (χ1n) is 4.79. The van der Waals surface area contributed by atoms with E-state index in [1.807, 2.05) is 20.8 Å². The van der Waals surface area contributed by atoms with E-state index in [1.165, 1.54) is 0 Å². The van der Waals surface area contributed by atoms with Gasteiger partial charge in [0.05, 0.1) is 6.54 Å². The summed E-state index contributed by atoms with van der Waals surface area (Å²) in [6, 6.07) is 0. The summed E-state index contributed by atoms with van der Waals surface area (Å²) in [7, 11) is 0. The minimum Gasteiger partial charge on any atom is -0.330 e. The Kier molecular flexibility index (Phi) is 2.74. The Hall–Kier alpha value is -0.860. The van der Waals surface area contributed by atoms with E-state index in [9.17, 15) is 9.59 Å². The van der Waals surface area contributed by atoms with Gasteiger partial charge in [0.2, 0.25) is 5.91 Å². The van der Waals surface area contributed by atoms with Gasteiger partial charge in [-0.1, -0.05) is 6.92 Å². The number of ketones is 1. The van der Waals surface area contributed by atoms with Crippen molar-refractivity contribution in [2.45, 2.75) is 45.6 Å². The van der Waals surface area contributed by atoms with Gasteiger partial charge in [-0.3, -0.25) is 9.59 Å². The molecule has 0 aromatic carbocycles. The molecule has 0 saturated carbocycles. The molecule has 1 rings (SSSR count). The lowest BCUT2D eigenvalue weighted by molar-refractivity contribution is -0.144. The van der Waals surface area contributed by atoms with E-state index in [4.69, 9.17) is 0 Å². The molecule has 0 aromatic rings. The highest BCUT2D eigenvalue weighted by Gasteiger charge is 2.35. The van der Waals surface area contributed by atoms with Crippen LogP contribution in [-0.4, -0.2) is 28.7 Å². The van der Waals surface area contributed by atoms with Gasteiger partial charge < -0.3 is 4.90 Å². The molecule has 1 aliphatic heterocycles. The van der Waals surface area contributed by atoms with Gasteiger partial charge in [-0.05, 0) is 20.3 Å². The van der Waals surface area contributed by atoms with Crippen molar-refractivity contribution >= 4 is 11.7 Å². The highest BCUT2D eigenvalue weighted by molar-refractivity contribution is 5.87. The second kappa shape index (κ2) is 3.48. The standard InChI is InChI=1S/C10H17NO2/c1-4-9(13)11-7-8(12)5-6-10(11,2)3/h4-7H2,1-3H3. The van der Waals surface area contributed by atoms with Crippen LogP contribution in [0.1, 0.15) is 40.0 Å². The third kappa shape index (κ3) is 2.08. The number of rotatable bonds is 1. The van der Waals surface area contributed by atoms with Crippen LogP contribution in [0, 0.1) is 0 Å². The van der Waals surface area contributed by atoms with Gasteiger partial charge in [0.1, 0.15) is 0 Å². The van der Waals surface area contributed by atoms with Crippen LogP contribution in [-0.2, 0) is 9.59 Å². The average Bonchev–Trinajstić information content (AvgIpc) is 2.08. The topological polar surface area (TPSA) is 37.4 Å². The number of piperidine rings is 1. The lowest BCUT2D eigenvalue weighted by atomic mass is 9.89. The normalized spacial score (nSPS) is 21.8. The molecule has 0 N–H and O–H groups in total. The number of hydrogen-bond acceptors (Lipinski definition) is 2. The van der Waals surface area contributed by atoms with Crippen molar-refractivity contribution in [3.63, 3.8) is 0 Å². The van der Waals surface area contributed by atoms with Crippen LogP contribution in [0.4, 0.5) is 0 Å². The van der Waals surface area contributed by atoms with E-state index < -0.39 is 0 Å². The van der Waals surface area contributed by atoms with E-state index in [0.29, 0.717) is 19.4 Å². The molecule has 0 unspecified atom stereocenters. The summed E-state index contributed by atoms with van der Waals surface area (Å²) in [6.07, 6.45) is 1.88. The predicted molar refractivity (Wildman–Crippen MR) is 50.3 cm³/mol. The third-order valence-electron chi connectivity index (χ3n) is 2.68.